The molecular formula is C10H19F3N2O. The second kappa shape index (κ2) is 5.33. The van der Waals surface area contributed by atoms with Crippen molar-refractivity contribution in [1.82, 2.24) is 4.90 Å². The number of nitrogens with zero attached hydrogens (tertiary/aromatic N) is 1. The molecule has 0 bridgehead atoms. The first-order chi connectivity index (χ1) is 7.38. The Labute approximate surface area is 93.7 Å². The average molecular weight is 240 g/mol. The monoisotopic (exact) mass is 240 g/mol. The maximum absolute atomic E-state index is 12.9. The van der Waals surface area contributed by atoms with E-state index in [1.54, 1.807) is 0 Å². The van der Waals surface area contributed by atoms with E-state index in [2.05, 4.69) is 0 Å². The zero-order valence-corrected chi connectivity index (χ0v) is 9.63. The molecule has 0 aliphatic carbocycles. The molecule has 0 amide bonds. The number of nitrogens with two attached hydrogens (primary N) is 1. The lowest BCUT2D eigenvalue weighted by Gasteiger charge is -2.42. The lowest BCUT2D eigenvalue weighted by atomic mass is 10.0. The van der Waals surface area contributed by atoms with Gasteiger partial charge in [-0.15, -0.1) is 0 Å². The summed E-state index contributed by atoms with van der Waals surface area (Å²) in [6.07, 6.45) is -3.64. The highest BCUT2D eigenvalue weighted by molar-refractivity contribution is 4.90. The minimum Gasteiger partial charge on any atom is -0.378 e. The standard InChI is InChI=1S/C10H19F3N2O/c1-3-8-6-16-5-4-15(8)9(7(2)14)10(11,12)13/h7-9H,3-6,14H2,1-2H3. The summed E-state index contributed by atoms with van der Waals surface area (Å²) >= 11 is 0. The number of rotatable bonds is 3. The summed E-state index contributed by atoms with van der Waals surface area (Å²) < 4.78 is 43.9. The van der Waals surface area contributed by atoms with E-state index in [1.165, 1.54) is 11.8 Å². The molecule has 96 valence electrons. The molecule has 1 fully saturated rings. The third kappa shape index (κ3) is 3.09. The van der Waals surface area contributed by atoms with E-state index in [1.807, 2.05) is 6.92 Å². The smallest absolute Gasteiger partial charge is 0.378 e. The Hall–Kier alpha value is -0.330. The Morgan fingerprint density at radius 2 is 2.12 bits per heavy atom. The molecule has 1 saturated heterocycles. The molecule has 0 radical (unpaired) electrons. The number of hydrogen-bond acceptors (Lipinski definition) is 3. The van der Waals surface area contributed by atoms with Crippen LogP contribution in [-0.4, -0.2) is 49.0 Å². The van der Waals surface area contributed by atoms with Crippen molar-refractivity contribution in [2.75, 3.05) is 19.8 Å². The average Bonchev–Trinajstić information content (AvgIpc) is 2.15. The summed E-state index contributed by atoms with van der Waals surface area (Å²) in [6.45, 7) is 4.26. The van der Waals surface area contributed by atoms with Crippen LogP contribution in [0.4, 0.5) is 13.2 Å². The van der Waals surface area contributed by atoms with Gasteiger partial charge in [-0.1, -0.05) is 6.92 Å². The topological polar surface area (TPSA) is 38.5 Å². The van der Waals surface area contributed by atoms with E-state index in [0.717, 1.165) is 0 Å². The number of morpholine rings is 1. The van der Waals surface area contributed by atoms with Gasteiger partial charge in [0.05, 0.1) is 13.2 Å². The van der Waals surface area contributed by atoms with Crippen molar-refractivity contribution in [1.29, 1.82) is 0 Å². The van der Waals surface area contributed by atoms with Gasteiger partial charge in [-0.2, -0.15) is 13.2 Å². The van der Waals surface area contributed by atoms with E-state index in [9.17, 15) is 13.2 Å². The minimum atomic E-state index is -4.28. The van der Waals surface area contributed by atoms with Gasteiger partial charge in [0.15, 0.2) is 0 Å². The summed E-state index contributed by atoms with van der Waals surface area (Å²) in [5.74, 6) is 0. The number of halogens is 3. The Morgan fingerprint density at radius 1 is 1.50 bits per heavy atom. The van der Waals surface area contributed by atoms with Crippen LogP contribution in [0.2, 0.25) is 0 Å². The van der Waals surface area contributed by atoms with E-state index < -0.39 is 18.3 Å². The molecule has 0 aromatic rings. The fourth-order valence-electron chi connectivity index (χ4n) is 2.17. The summed E-state index contributed by atoms with van der Waals surface area (Å²) in [5.41, 5.74) is 5.47. The van der Waals surface area contributed by atoms with Crippen molar-refractivity contribution in [2.45, 2.75) is 44.6 Å². The quantitative estimate of drug-likeness (QED) is 0.810. The number of ether oxygens (including phenoxy) is 1. The molecule has 3 atom stereocenters. The first-order valence-electron chi connectivity index (χ1n) is 5.53. The number of hydrogen-bond donors (Lipinski definition) is 1. The van der Waals surface area contributed by atoms with Gasteiger partial charge < -0.3 is 10.5 Å². The molecule has 3 unspecified atom stereocenters. The van der Waals surface area contributed by atoms with Gasteiger partial charge >= 0.3 is 6.18 Å². The molecule has 1 rings (SSSR count). The van der Waals surface area contributed by atoms with Gasteiger partial charge in [0.2, 0.25) is 0 Å². The molecule has 0 aromatic heterocycles. The second-order valence-corrected chi connectivity index (χ2v) is 4.22. The Kier molecular flexibility index (Phi) is 4.58. The molecule has 6 heteroatoms. The highest BCUT2D eigenvalue weighted by atomic mass is 19.4. The minimum absolute atomic E-state index is 0.189. The van der Waals surface area contributed by atoms with Crippen LogP contribution >= 0.6 is 0 Å². The zero-order chi connectivity index (χ0) is 12.3. The van der Waals surface area contributed by atoms with Crippen molar-refractivity contribution >= 4 is 0 Å². The number of alkyl halides is 3. The largest absolute Gasteiger partial charge is 0.405 e. The first kappa shape index (κ1) is 13.7. The van der Waals surface area contributed by atoms with E-state index >= 15 is 0 Å². The van der Waals surface area contributed by atoms with Gasteiger partial charge in [-0.25, -0.2) is 0 Å². The third-order valence-electron chi connectivity index (χ3n) is 2.94. The molecule has 2 N–H and O–H groups in total. The third-order valence-corrected chi connectivity index (χ3v) is 2.94. The maximum Gasteiger partial charge on any atom is 0.405 e. The summed E-state index contributed by atoms with van der Waals surface area (Å²) in [6, 6.07) is -2.68. The van der Waals surface area contributed by atoms with Gasteiger partial charge in [0, 0.05) is 18.6 Å². The Bertz CT molecular complexity index is 221. The van der Waals surface area contributed by atoms with Crippen LogP contribution in [0.1, 0.15) is 20.3 Å². The van der Waals surface area contributed by atoms with Crippen LogP contribution < -0.4 is 5.73 Å². The SMILES string of the molecule is CCC1COCCN1C(C(C)N)C(F)(F)F. The first-order valence-corrected chi connectivity index (χ1v) is 5.53. The molecule has 1 aliphatic heterocycles. The molecule has 0 saturated carbocycles. The molecule has 0 aromatic carbocycles. The fraction of sp³-hybridized carbons (Fsp3) is 1.00. The molecule has 16 heavy (non-hydrogen) atoms. The predicted octanol–water partition coefficient (Wildman–Crippen LogP) is 1.38. The Balaban J connectivity index is 2.83. The van der Waals surface area contributed by atoms with Crippen molar-refractivity contribution in [3.8, 4) is 0 Å². The predicted molar refractivity (Wildman–Crippen MR) is 55.1 cm³/mol. The van der Waals surface area contributed by atoms with Crippen LogP contribution in [-0.2, 0) is 4.74 Å². The second-order valence-electron chi connectivity index (χ2n) is 4.22. The summed E-state index contributed by atoms with van der Waals surface area (Å²) in [7, 11) is 0. The van der Waals surface area contributed by atoms with Crippen LogP contribution in [0.5, 0.6) is 0 Å². The normalized spacial score (nSPS) is 27.8. The van der Waals surface area contributed by atoms with Gasteiger partial charge in [-0.3, -0.25) is 4.90 Å². The highest BCUT2D eigenvalue weighted by Crippen LogP contribution is 2.29. The van der Waals surface area contributed by atoms with Crippen molar-refractivity contribution in [2.24, 2.45) is 5.73 Å². The molecule has 1 aliphatic rings. The lowest BCUT2D eigenvalue weighted by molar-refractivity contribution is -0.205. The van der Waals surface area contributed by atoms with Crippen molar-refractivity contribution in [3.05, 3.63) is 0 Å². The summed E-state index contributed by atoms with van der Waals surface area (Å²) in [5, 5.41) is 0. The Morgan fingerprint density at radius 3 is 2.56 bits per heavy atom. The molecule has 1 heterocycles. The van der Waals surface area contributed by atoms with Gasteiger partial charge in [-0.05, 0) is 13.3 Å². The van der Waals surface area contributed by atoms with E-state index in [-0.39, 0.29) is 6.04 Å². The molecule has 3 nitrogen and oxygen atoms in total. The van der Waals surface area contributed by atoms with E-state index in [4.69, 9.17) is 10.5 Å². The van der Waals surface area contributed by atoms with Gasteiger partial charge in [0.25, 0.3) is 0 Å². The van der Waals surface area contributed by atoms with E-state index in [0.29, 0.717) is 26.2 Å². The molecular weight excluding hydrogens is 221 g/mol. The summed E-state index contributed by atoms with van der Waals surface area (Å²) in [4.78, 5) is 1.44. The molecule has 0 spiro atoms. The fourth-order valence-corrected chi connectivity index (χ4v) is 2.17. The lowest BCUT2D eigenvalue weighted by Crippen LogP contribution is -2.61. The van der Waals surface area contributed by atoms with Crippen LogP contribution in [0, 0.1) is 0 Å². The highest BCUT2D eigenvalue weighted by Gasteiger charge is 2.48. The van der Waals surface area contributed by atoms with Crippen molar-refractivity contribution in [3.63, 3.8) is 0 Å². The van der Waals surface area contributed by atoms with Crippen LogP contribution in [0.15, 0.2) is 0 Å². The van der Waals surface area contributed by atoms with Crippen LogP contribution in [0.3, 0.4) is 0 Å². The van der Waals surface area contributed by atoms with Crippen LogP contribution in [0.25, 0.3) is 0 Å². The van der Waals surface area contributed by atoms with Crippen molar-refractivity contribution < 1.29 is 17.9 Å². The maximum atomic E-state index is 12.9. The zero-order valence-electron chi connectivity index (χ0n) is 9.63. The van der Waals surface area contributed by atoms with Gasteiger partial charge in [0.1, 0.15) is 6.04 Å².